The number of nitrogens with one attached hydrogen (secondary N) is 1. The van der Waals surface area contributed by atoms with Gasteiger partial charge in [0, 0.05) is 0 Å². The zero-order chi connectivity index (χ0) is 10.1. The van der Waals surface area contributed by atoms with Gasteiger partial charge in [-0.15, -0.1) is 0 Å². The van der Waals surface area contributed by atoms with Crippen molar-refractivity contribution in [3.8, 4) is 0 Å². The summed E-state index contributed by atoms with van der Waals surface area (Å²) in [4.78, 5) is 1.54. The highest BCUT2D eigenvalue weighted by atomic mass is 79.9. The normalized spacial score (nSPS) is 11.6. The first-order chi connectivity index (χ1) is 5.97. The van der Waals surface area contributed by atoms with Gasteiger partial charge in [0.1, 0.15) is 5.82 Å². The zero-order valence-corrected chi connectivity index (χ0v) is 8.69. The SMILES string of the molecule is NNS(=O)(=O)c1ccc(F)c(Br)c1. The molecule has 0 heterocycles. The molecule has 3 N–H and O–H groups in total. The number of hydrogen-bond acceptors (Lipinski definition) is 3. The van der Waals surface area contributed by atoms with Gasteiger partial charge < -0.3 is 0 Å². The second-order valence-corrected chi connectivity index (χ2v) is 4.77. The lowest BCUT2D eigenvalue weighted by Gasteiger charge is -2.02. The molecule has 0 aliphatic carbocycles. The fourth-order valence-electron chi connectivity index (χ4n) is 0.712. The average molecular weight is 269 g/mol. The standard InChI is InChI=1S/C6H6BrFN2O2S/c7-5-3-4(1-2-6(5)8)13(11,12)10-9/h1-3,10H,9H2. The van der Waals surface area contributed by atoms with Crippen LogP contribution < -0.4 is 10.7 Å². The Bertz CT molecular complexity index is 421. The van der Waals surface area contributed by atoms with Gasteiger partial charge in [-0.3, -0.25) is 5.84 Å². The summed E-state index contributed by atoms with van der Waals surface area (Å²) in [5.41, 5.74) is 0. The van der Waals surface area contributed by atoms with Gasteiger partial charge in [0.05, 0.1) is 9.37 Å². The predicted molar refractivity (Wildman–Crippen MR) is 48.6 cm³/mol. The van der Waals surface area contributed by atoms with E-state index in [0.717, 1.165) is 18.2 Å². The molecule has 0 aromatic heterocycles. The third-order valence-electron chi connectivity index (χ3n) is 1.36. The summed E-state index contributed by atoms with van der Waals surface area (Å²) >= 11 is 2.86. The maximum Gasteiger partial charge on any atom is 0.253 e. The van der Waals surface area contributed by atoms with Crippen molar-refractivity contribution in [2.45, 2.75) is 4.90 Å². The summed E-state index contributed by atoms with van der Waals surface area (Å²) < 4.78 is 34.9. The van der Waals surface area contributed by atoms with Crippen LogP contribution in [0.4, 0.5) is 4.39 Å². The smallest absolute Gasteiger partial charge is 0.253 e. The Labute approximate surface area is 83.1 Å². The van der Waals surface area contributed by atoms with Crippen LogP contribution in [0.25, 0.3) is 0 Å². The topological polar surface area (TPSA) is 72.2 Å². The van der Waals surface area contributed by atoms with Gasteiger partial charge in [0.25, 0.3) is 10.0 Å². The molecule has 0 saturated heterocycles. The Morgan fingerprint density at radius 2 is 2.08 bits per heavy atom. The van der Waals surface area contributed by atoms with Crippen LogP contribution in [0.15, 0.2) is 27.6 Å². The van der Waals surface area contributed by atoms with E-state index in [1.165, 1.54) is 0 Å². The first kappa shape index (κ1) is 10.6. The molecule has 1 aromatic carbocycles. The second kappa shape index (κ2) is 3.70. The van der Waals surface area contributed by atoms with Crippen LogP contribution in [0, 0.1) is 5.82 Å². The molecule has 7 heteroatoms. The Morgan fingerprint density at radius 3 is 2.54 bits per heavy atom. The van der Waals surface area contributed by atoms with E-state index in [9.17, 15) is 12.8 Å². The predicted octanol–water partition coefficient (Wildman–Crippen LogP) is 0.740. The quantitative estimate of drug-likeness (QED) is 0.614. The van der Waals surface area contributed by atoms with Crippen LogP contribution >= 0.6 is 15.9 Å². The fourth-order valence-corrected chi connectivity index (χ4v) is 1.90. The van der Waals surface area contributed by atoms with E-state index in [1.807, 2.05) is 0 Å². The molecule has 72 valence electrons. The van der Waals surface area contributed by atoms with Crippen molar-refractivity contribution in [2.24, 2.45) is 5.84 Å². The third kappa shape index (κ3) is 2.25. The molecule has 4 nitrogen and oxygen atoms in total. The summed E-state index contributed by atoms with van der Waals surface area (Å²) in [5, 5.41) is 0. The van der Waals surface area contributed by atoms with Crippen LogP contribution in [0.2, 0.25) is 0 Å². The van der Waals surface area contributed by atoms with Crippen molar-refractivity contribution in [1.82, 2.24) is 4.83 Å². The van der Waals surface area contributed by atoms with Gasteiger partial charge in [-0.25, -0.2) is 12.8 Å². The first-order valence-corrected chi connectivity index (χ1v) is 5.42. The molecule has 0 amide bonds. The number of halogens is 2. The lowest BCUT2D eigenvalue weighted by Crippen LogP contribution is -2.30. The van der Waals surface area contributed by atoms with E-state index in [-0.39, 0.29) is 9.37 Å². The van der Waals surface area contributed by atoms with Gasteiger partial charge in [0.2, 0.25) is 0 Å². The lowest BCUT2D eigenvalue weighted by molar-refractivity contribution is 0.582. The largest absolute Gasteiger partial charge is 0.257 e. The van der Waals surface area contributed by atoms with Gasteiger partial charge in [-0.1, -0.05) is 0 Å². The van der Waals surface area contributed by atoms with Crippen LogP contribution in [0.5, 0.6) is 0 Å². The van der Waals surface area contributed by atoms with Crippen LogP contribution in [-0.2, 0) is 10.0 Å². The molecule has 0 fully saturated rings. The third-order valence-corrected chi connectivity index (χ3v) is 3.15. The summed E-state index contributed by atoms with van der Waals surface area (Å²) in [5.74, 6) is 4.25. The van der Waals surface area contributed by atoms with Crippen LogP contribution in [0.1, 0.15) is 0 Å². The molecule has 1 aromatic rings. The van der Waals surface area contributed by atoms with E-state index in [2.05, 4.69) is 15.9 Å². The molecule has 0 atom stereocenters. The number of sulfonamides is 1. The molecule has 0 radical (unpaired) electrons. The average Bonchev–Trinajstić information content (AvgIpc) is 2.09. The molecule has 13 heavy (non-hydrogen) atoms. The van der Waals surface area contributed by atoms with Gasteiger partial charge >= 0.3 is 0 Å². The van der Waals surface area contributed by atoms with E-state index >= 15 is 0 Å². The van der Waals surface area contributed by atoms with Crippen molar-refractivity contribution in [3.05, 3.63) is 28.5 Å². The number of hydrogen-bond donors (Lipinski definition) is 2. The molecule has 0 unspecified atom stereocenters. The first-order valence-electron chi connectivity index (χ1n) is 3.15. The molecule has 0 bridgehead atoms. The summed E-state index contributed by atoms with van der Waals surface area (Å²) in [6.45, 7) is 0. The molecular weight excluding hydrogens is 263 g/mol. The molecule has 0 aliphatic rings. The minimum Gasteiger partial charge on any atom is -0.257 e. The Kier molecular flexibility index (Phi) is 3.01. The summed E-state index contributed by atoms with van der Waals surface area (Å²) in [6.07, 6.45) is 0. The summed E-state index contributed by atoms with van der Waals surface area (Å²) in [6, 6.07) is 3.29. The highest BCUT2D eigenvalue weighted by Gasteiger charge is 2.12. The van der Waals surface area contributed by atoms with E-state index in [4.69, 9.17) is 5.84 Å². The van der Waals surface area contributed by atoms with Crippen molar-refractivity contribution >= 4 is 26.0 Å². The highest BCUT2D eigenvalue weighted by molar-refractivity contribution is 9.10. The Hall–Kier alpha value is -0.500. The molecule has 0 saturated carbocycles. The lowest BCUT2D eigenvalue weighted by atomic mass is 10.3. The van der Waals surface area contributed by atoms with Crippen molar-refractivity contribution in [3.63, 3.8) is 0 Å². The van der Waals surface area contributed by atoms with Crippen molar-refractivity contribution < 1.29 is 12.8 Å². The van der Waals surface area contributed by atoms with Crippen molar-refractivity contribution in [2.75, 3.05) is 0 Å². The van der Waals surface area contributed by atoms with Gasteiger partial charge in [-0.2, -0.15) is 4.83 Å². The number of hydrazine groups is 1. The van der Waals surface area contributed by atoms with Crippen LogP contribution in [-0.4, -0.2) is 8.42 Å². The maximum absolute atomic E-state index is 12.7. The minimum absolute atomic E-state index is 0.0730. The maximum atomic E-state index is 12.7. The van der Waals surface area contributed by atoms with Crippen molar-refractivity contribution in [1.29, 1.82) is 0 Å². The fraction of sp³-hybridized carbons (Fsp3) is 0. The molecule has 0 aliphatic heterocycles. The Morgan fingerprint density at radius 1 is 1.46 bits per heavy atom. The Balaban J connectivity index is 3.27. The number of rotatable bonds is 2. The highest BCUT2D eigenvalue weighted by Crippen LogP contribution is 2.19. The molecular formula is C6H6BrFN2O2S. The van der Waals surface area contributed by atoms with E-state index in [0.29, 0.717) is 0 Å². The van der Waals surface area contributed by atoms with Crippen LogP contribution in [0.3, 0.4) is 0 Å². The number of benzene rings is 1. The molecule has 1 rings (SSSR count). The van der Waals surface area contributed by atoms with Gasteiger partial charge in [-0.05, 0) is 34.1 Å². The van der Waals surface area contributed by atoms with E-state index < -0.39 is 15.8 Å². The zero-order valence-electron chi connectivity index (χ0n) is 6.29. The number of nitrogens with two attached hydrogens (primary N) is 1. The minimum atomic E-state index is -3.71. The van der Waals surface area contributed by atoms with Gasteiger partial charge in [0.15, 0.2) is 0 Å². The molecule has 0 spiro atoms. The summed E-state index contributed by atoms with van der Waals surface area (Å²) in [7, 11) is -3.71. The second-order valence-electron chi connectivity index (χ2n) is 2.20. The monoisotopic (exact) mass is 268 g/mol. The van der Waals surface area contributed by atoms with E-state index in [1.54, 1.807) is 4.83 Å².